The Kier molecular flexibility index (Phi) is 8.59. The molecule has 0 radical (unpaired) electrons. The zero-order valence-electron chi connectivity index (χ0n) is 29.8. The summed E-state index contributed by atoms with van der Waals surface area (Å²) in [5, 5.41) is 0. The van der Waals surface area contributed by atoms with Gasteiger partial charge in [0.25, 0.3) is 0 Å². The van der Waals surface area contributed by atoms with Crippen LogP contribution in [0.5, 0.6) is 0 Å². The van der Waals surface area contributed by atoms with E-state index in [0.29, 0.717) is 0 Å². The number of rotatable bonds is 7. The van der Waals surface area contributed by atoms with Gasteiger partial charge in [0.1, 0.15) is 29.3 Å². The molecule has 5 fully saturated rings. The van der Waals surface area contributed by atoms with E-state index in [-0.39, 0.29) is 30.2 Å². The van der Waals surface area contributed by atoms with Crippen molar-refractivity contribution in [3.63, 3.8) is 0 Å². The topological polar surface area (TPSA) is 180 Å². The summed E-state index contributed by atoms with van der Waals surface area (Å²) in [6, 6.07) is 3.13. The number of aromatic nitrogens is 1. The average molecular weight is 700 g/mol. The van der Waals surface area contributed by atoms with Crippen molar-refractivity contribution in [2.75, 3.05) is 0 Å². The van der Waals surface area contributed by atoms with Crippen molar-refractivity contribution in [2.45, 2.75) is 117 Å². The van der Waals surface area contributed by atoms with Gasteiger partial charge in [0.15, 0.2) is 11.7 Å². The number of ether oxygens (including phenoxy) is 7. The van der Waals surface area contributed by atoms with Crippen molar-refractivity contribution in [1.29, 1.82) is 0 Å². The number of hydrogen-bond donors (Lipinski definition) is 0. The summed E-state index contributed by atoms with van der Waals surface area (Å²) in [6.07, 6.45) is -3.41. The number of fused-ring (bicyclic) bond motifs is 2. The lowest BCUT2D eigenvalue weighted by Gasteiger charge is -2.52. The highest BCUT2D eigenvalue weighted by Gasteiger charge is 2.89. The Morgan fingerprint density at radius 1 is 0.820 bits per heavy atom. The first-order valence-corrected chi connectivity index (χ1v) is 17.0. The van der Waals surface area contributed by atoms with Crippen LogP contribution < -0.4 is 0 Å². The fourth-order valence-electron chi connectivity index (χ4n) is 10.7. The first kappa shape index (κ1) is 35.7. The maximum Gasteiger partial charge on any atom is 0.340 e. The molecule has 6 rings (SSSR count). The summed E-state index contributed by atoms with van der Waals surface area (Å²) < 4.78 is 44.2. The van der Waals surface area contributed by atoms with E-state index >= 15 is 0 Å². The van der Waals surface area contributed by atoms with E-state index in [0.717, 1.165) is 0 Å². The Morgan fingerprint density at radius 2 is 1.46 bits per heavy atom. The minimum Gasteiger partial charge on any atom is -0.462 e. The van der Waals surface area contributed by atoms with Crippen molar-refractivity contribution in [3.05, 3.63) is 30.1 Å². The molecule has 0 unspecified atom stereocenters. The summed E-state index contributed by atoms with van der Waals surface area (Å²) in [7, 11) is 0. The Morgan fingerprint density at radius 3 is 2.02 bits per heavy atom. The van der Waals surface area contributed by atoms with E-state index in [9.17, 15) is 28.8 Å². The first-order valence-electron chi connectivity index (χ1n) is 17.0. The van der Waals surface area contributed by atoms with Crippen LogP contribution in [-0.2, 0) is 57.1 Å². The molecule has 2 heterocycles. The zero-order chi connectivity index (χ0) is 36.7. The Labute approximate surface area is 290 Å². The monoisotopic (exact) mass is 699 g/mol. The molecule has 13 atom stereocenters. The number of carbonyl (C=O) groups excluding carboxylic acids is 6. The lowest BCUT2D eigenvalue weighted by atomic mass is 9.56. The molecule has 1 aliphatic heterocycles. The van der Waals surface area contributed by atoms with E-state index in [1.165, 1.54) is 47.0 Å². The molecule has 1 aromatic rings. The van der Waals surface area contributed by atoms with Crippen LogP contribution in [0.1, 0.15) is 85.5 Å². The molecule has 4 aliphatic carbocycles. The molecule has 5 aliphatic rings. The standard InChI is InChI=1S/C36H45NO13/c1-16-14-35(49-21(6)42)26(27(16)44-17(2)38)29(45-18(3)39)36-24(48-30(43)22-11-10-12-37-15-22)13-23-25(33(23,7)8)28(36)34(9,31(35)46-19(4)40)50-32(36)47-20(5)41/h10-12,15-16,23-29,31-32H,13-14H2,1-9H3/t16-,23-,24+,25-,26+,27-,28-,29+,31-,32+,34+,35+,36-/m0/s1. The molecular weight excluding hydrogens is 654 g/mol. The molecule has 0 N–H and O–H groups in total. The first-order chi connectivity index (χ1) is 23.3. The number of nitrogens with zero attached hydrogens (tertiary/aromatic N) is 1. The van der Waals surface area contributed by atoms with Crippen molar-refractivity contribution in [3.8, 4) is 0 Å². The normalized spacial score (nSPS) is 41.5. The number of pyridine rings is 1. The summed E-state index contributed by atoms with van der Waals surface area (Å²) in [5.41, 5.74) is -5.33. The second-order valence-corrected chi connectivity index (χ2v) is 15.4. The van der Waals surface area contributed by atoms with Crippen LogP contribution in [0.4, 0.5) is 0 Å². The van der Waals surface area contributed by atoms with Crippen molar-refractivity contribution < 1.29 is 61.9 Å². The van der Waals surface area contributed by atoms with Gasteiger partial charge in [0.2, 0.25) is 6.29 Å². The van der Waals surface area contributed by atoms with Crippen LogP contribution in [0.25, 0.3) is 0 Å². The fourth-order valence-corrected chi connectivity index (χ4v) is 10.7. The third-order valence-corrected chi connectivity index (χ3v) is 12.0. The minimum absolute atomic E-state index is 0.0164. The van der Waals surface area contributed by atoms with Crippen molar-refractivity contribution in [2.24, 2.45) is 40.4 Å². The van der Waals surface area contributed by atoms with Gasteiger partial charge >= 0.3 is 35.8 Å². The molecule has 1 aromatic heterocycles. The molecule has 14 heteroatoms. The van der Waals surface area contributed by atoms with Crippen LogP contribution in [-0.4, -0.2) is 82.7 Å². The van der Waals surface area contributed by atoms with Crippen LogP contribution in [0, 0.1) is 40.4 Å². The summed E-state index contributed by atoms with van der Waals surface area (Å²) >= 11 is 0. The number of esters is 6. The van der Waals surface area contributed by atoms with Crippen LogP contribution in [0.2, 0.25) is 0 Å². The third kappa shape index (κ3) is 5.19. The van der Waals surface area contributed by atoms with Gasteiger partial charge in [0, 0.05) is 52.9 Å². The van der Waals surface area contributed by atoms with Gasteiger partial charge in [-0.3, -0.25) is 29.0 Å². The molecule has 14 nitrogen and oxygen atoms in total. The summed E-state index contributed by atoms with van der Waals surface area (Å²) in [6.45, 7) is 13.7. The molecule has 272 valence electrons. The van der Waals surface area contributed by atoms with Gasteiger partial charge in [-0.2, -0.15) is 0 Å². The highest BCUT2D eigenvalue weighted by Crippen LogP contribution is 2.80. The SMILES string of the molecule is CC(=O)O[C@@H]1[C@@H]2[C@@H](OC(C)=O)[C@@]34[C@H](OC(C)=O)O[C@@](C)([C@H](OC(C)=O)[C@@]2(OC(C)=O)C[C@@H]1C)[C@@H]3[C@@H]1[C@H](C[C@H]4OC(=O)c2cccnc2)C1(C)C. The predicted octanol–water partition coefficient (Wildman–Crippen LogP) is 3.33. The highest BCUT2D eigenvalue weighted by atomic mass is 16.7. The van der Waals surface area contributed by atoms with Crippen molar-refractivity contribution >= 4 is 35.8 Å². The zero-order valence-corrected chi connectivity index (χ0v) is 29.8. The van der Waals surface area contributed by atoms with Gasteiger partial charge in [-0.1, -0.05) is 20.8 Å². The van der Waals surface area contributed by atoms with E-state index in [2.05, 4.69) is 18.8 Å². The summed E-state index contributed by atoms with van der Waals surface area (Å²) in [5.74, 6) is -7.14. The molecule has 2 bridgehead atoms. The average Bonchev–Trinajstić information content (AvgIpc) is 3.29. The minimum atomic E-state index is -1.79. The second-order valence-electron chi connectivity index (χ2n) is 15.4. The molecule has 0 amide bonds. The van der Waals surface area contributed by atoms with Crippen LogP contribution in [0.3, 0.4) is 0 Å². The summed E-state index contributed by atoms with van der Waals surface area (Å²) in [4.78, 5) is 83.3. The number of hydrogen-bond acceptors (Lipinski definition) is 14. The Balaban J connectivity index is 1.72. The van der Waals surface area contributed by atoms with Gasteiger partial charge in [0.05, 0.1) is 11.5 Å². The molecule has 0 aromatic carbocycles. The smallest absolute Gasteiger partial charge is 0.340 e. The second kappa shape index (κ2) is 12.0. The van der Waals surface area contributed by atoms with Crippen molar-refractivity contribution in [1.82, 2.24) is 4.98 Å². The molecule has 50 heavy (non-hydrogen) atoms. The van der Waals surface area contributed by atoms with Gasteiger partial charge in [-0.25, -0.2) is 4.79 Å². The number of carbonyl (C=O) groups is 6. The van der Waals surface area contributed by atoms with Gasteiger partial charge in [-0.05, 0) is 55.1 Å². The van der Waals surface area contributed by atoms with E-state index in [1.807, 2.05) is 0 Å². The fraction of sp³-hybridized carbons (Fsp3) is 0.694. The van der Waals surface area contributed by atoms with E-state index in [1.54, 1.807) is 26.0 Å². The quantitative estimate of drug-likeness (QED) is 0.299. The predicted molar refractivity (Wildman–Crippen MR) is 168 cm³/mol. The molecule has 4 saturated carbocycles. The van der Waals surface area contributed by atoms with Gasteiger partial charge < -0.3 is 33.2 Å². The Hall–Kier alpha value is -4.07. The maximum absolute atomic E-state index is 13.9. The maximum atomic E-state index is 13.9. The highest BCUT2D eigenvalue weighted by molar-refractivity contribution is 5.89. The third-order valence-electron chi connectivity index (χ3n) is 12.0. The lowest BCUT2D eigenvalue weighted by Crippen LogP contribution is -2.66. The molecule has 0 spiro atoms. The van der Waals surface area contributed by atoms with Crippen LogP contribution in [0.15, 0.2) is 24.5 Å². The Bertz CT molecular complexity index is 1610. The molecule has 1 saturated heterocycles. The molecular formula is C36H45NO13. The van der Waals surface area contributed by atoms with Crippen LogP contribution >= 0.6 is 0 Å². The van der Waals surface area contributed by atoms with Gasteiger partial charge in [-0.15, -0.1) is 0 Å². The van der Waals surface area contributed by atoms with E-state index < -0.39 is 106 Å². The largest absolute Gasteiger partial charge is 0.462 e. The van der Waals surface area contributed by atoms with E-state index in [4.69, 9.17) is 33.2 Å². The lowest BCUT2D eigenvalue weighted by molar-refractivity contribution is -0.292.